The minimum atomic E-state index is -0.625. The zero-order valence-electron chi connectivity index (χ0n) is 12.5. The molecule has 4 nitrogen and oxygen atoms in total. The quantitative estimate of drug-likeness (QED) is 0.812. The number of hydrogen-bond acceptors (Lipinski definition) is 4. The van der Waals surface area contributed by atoms with Crippen LogP contribution in [0.25, 0.3) is 0 Å². The van der Waals surface area contributed by atoms with Gasteiger partial charge in [0.1, 0.15) is 6.61 Å². The minimum absolute atomic E-state index is 0.118. The first kappa shape index (κ1) is 16.0. The lowest BCUT2D eigenvalue weighted by Gasteiger charge is -2.35. The Morgan fingerprint density at radius 2 is 1.90 bits per heavy atom. The topological polar surface area (TPSA) is 52.9 Å². The van der Waals surface area contributed by atoms with Crippen molar-refractivity contribution in [2.45, 2.75) is 25.0 Å². The van der Waals surface area contributed by atoms with Gasteiger partial charge in [0.25, 0.3) is 0 Å². The summed E-state index contributed by atoms with van der Waals surface area (Å²) >= 11 is 0. The second-order valence-corrected chi connectivity index (χ2v) is 5.67. The van der Waals surface area contributed by atoms with E-state index in [4.69, 9.17) is 9.84 Å². The largest absolute Gasteiger partial charge is 0.388 e. The van der Waals surface area contributed by atoms with E-state index in [0.717, 1.165) is 12.1 Å². The van der Waals surface area contributed by atoms with Crippen LogP contribution in [0.3, 0.4) is 0 Å². The van der Waals surface area contributed by atoms with Crippen LogP contribution in [0.5, 0.6) is 0 Å². The van der Waals surface area contributed by atoms with E-state index in [-0.39, 0.29) is 6.61 Å². The molecule has 1 fully saturated rings. The molecule has 0 aliphatic carbocycles. The third-order valence-corrected chi connectivity index (χ3v) is 3.71. The summed E-state index contributed by atoms with van der Waals surface area (Å²) in [6, 6.07) is 7.97. The molecule has 0 aromatic heterocycles. The Labute approximate surface area is 126 Å². The van der Waals surface area contributed by atoms with Crippen LogP contribution in [0.1, 0.15) is 24.0 Å². The molecule has 1 heterocycles. The Kier molecular flexibility index (Phi) is 5.77. The van der Waals surface area contributed by atoms with Gasteiger partial charge in [0.05, 0.1) is 5.60 Å². The second-order valence-electron chi connectivity index (χ2n) is 5.67. The maximum Gasteiger partial charge on any atom is 0.104 e. The number of rotatable bonds is 4. The number of hydrogen-bond donors (Lipinski definition) is 2. The highest BCUT2D eigenvalue weighted by Crippen LogP contribution is 2.22. The first-order valence-corrected chi connectivity index (χ1v) is 7.29. The minimum Gasteiger partial charge on any atom is -0.388 e. The first-order valence-electron chi connectivity index (χ1n) is 7.29. The van der Waals surface area contributed by atoms with E-state index in [1.807, 2.05) is 31.3 Å². The van der Waals surface area contributed by atoms with Gasteiger partial charge in [-0.2, -0.15) is 0 Å². The van der Waals surface area contributed by atoms with Gasteiger partial charge in [-0.1, -0.05) is 24.0 Å². The molecule has 21 heavy (non-hydrogen) atoms. The third kappa shape index (κ3) is 5.14. The van der Waals surface area contributed by atoms with Crippen LogP contribution in [-0.2, 0) is 11.3 Å². The van der Waals surface area contributed by atoms with Crippen molar-refractivity contribution in [3.63, 3.8) is 0 Å². The van der Waals surface area contributed by atoms with Crippen LogP contribution >= 0.6 is 0 Å². The van der Waals surface area contributed by atoms with Crippen molar-refractivity contribution in [2.24, 2.45) is 0 Å². The van der Waals surface area contributed by atoms with E-state index in [1.165, 1.54) is 5.56 Å². The Bertz CT molecular complexity index is 495. The summed E-state index contributed by atoms with van der Waals surface area (Å²) in [5.41, 5.74) is 1.46. The number of aliphatic hydroxyl groups excluding tert-OH is 1. The highest BCUT2D eigenvalue weighted by molar-refractivity contribution is 5.36. The molecule has 0 spiro atoms. The van der Waals surface area contributed by atoms with Gasteiger partial charge in [0.15, 0.2) is 0 Å². The Morgan fingerprint density at radius 3 is 2.52 bits per heavy atom. The Hall–Kier alpha value is -1.38. The zero-order valence-corrected chi connectivity index (χ0v) is 12.5. The average Bonchev–Trinajstić information content (AvgIpc) is 2.46. The lowest BCUT2D eigenvalue weighted by molar-refractivity contribution is -0.0777. The molecule has 114 valence electrons. The molecule has 1 aliphatic rings. The molecule has 0 amide bonds. The predicted octanol–water partition coefficient (Wildman–Crippen LogP) is 1.00. The van der Waals surface area contributed by atoms with Gasteiger partial charge in [-0.25, -0.2) is 0 Å². The number of likely N-dealkylation sites (N-methyl/N-ethyl adjacent to an activating group) is 1. The van der Waals surface area contributed by atoms with Crippen molar-refractivity contribution in [1.29, 1.82) is 0 Å². The third-order valence-electron chi connectivity index (χ3n) is 3.71. The molecule has 2 N–H and O–H groups in total. The summed E-state index contributed by atoms with van der Waals surface area (Å²) in [5.74, 6) is 5.51. The summed E-state index contributed by atoms with van der Waals surface area (Å²) in [6.07, 6.45) is 1.40. The van der Waals surface area contributed by atoms with Gasteiger partial charge in [0, 0.05) is 44.7 Å². The average molecular weight is 289 g/mol. The normalized spacial score (nSPS) is 17.3. The first-order chi connectivity index (χ1) is 10.1. The van der Waals surface area contributed by atoms with Gasteiger partial charge in [-0.15, -0.1) is 0 Å². The van der Waals surface area contributed by atoms with E-state index in [0.29, 0.717) is 32.6 Å². The van der Waals surface area contributed by atoms with Crippen molar-refractivity contribution in [3.8, 4) is 11.8 Å². The smallest absolute Gasteiger partial charge is 0.104 e. The molecule has 1 saturated heterocycles. The van der Waals surface area contributed by atoms with Crippen LogP contribution in [0.4, 0.5) is 0 Å². The second kappa shape index (κ2) is 7.58. The summed E-state index contributed by atoms with van der Waals surface area (Å²) in [7, 11) is 2.02. The summed E-state index contributed by atoms with van der Waals surface area (Å²) in [5, 5.41) is 19.2. The molecular weight excluding hydrogens is 266 g/mol. The molecule has 1 aromatic carbocycles. The fourth-order valence-corrected chi connectivity index (χ4v) is 2.61. The van der Waals surface area contributed by atoms with Gasteiger partial charge in [-0.3, -0.25) is 4.90 Å². The Balaban J connectivity index is 1.88. The number of aliphatic hydroxyl groups is 2. The lowest BCUT2D eigenvalue weighted by Crippen LogP contribution is -2.45. The highest BCUT2D eigenvalue weighted by Gasteiger charge is 2.30. The number of nitrogens with zero attached hydrogens (tertiary/aromatic N) is 1. The van der Waals surface area contributed by atoms with Crippen molar-refractivity contribution in [2.75, 3.05) is 33.4 Å². The van der Waals surface area contributed by atoms with Crippen LogP contribution in [0.2, 0.25) is 0 Å². The molecule has 0 radical (unpaired) electrons. The molecule has 0 bridgehead atoms. The molecule has 4 heteroatoms. The predicted molar refractivity (Wildman–Crippen MR) is 81.7 cm³/mol. The number of ether oxygens (including phenoxy) is 1. The molecule has 0 saturated carbocycles. The van der Waals surface area contributed by atoms with Gasteiger partial charge in [-0.05, 0) is 24.7 Å². The van der Waals surface area contributed by atoms with Gasteiger partial charge >= 0.3 is 0 Å². The van der Waals surface area contributed by atoms with Crippen LogP contribution < -0.4 is 0 Å². The maximum atomic E-state index is 10.5. The van der Waals surface area contributed by atoms with E-state index < -0.39 is 5.60 Å². The van der Waals surface area contributed by atoms with Crippen LogP contribution in [0, 0.1) is 11.8 Å². The Morgan fingerprint density at radius 1 is 1.24 bits per heavy atom. The van der Waals surface area contributed by atoms with Crippen molar-refractivity contribution in [3.05, 3.63) is 35.4 Å². The van der Waals surface area contributed by atoms with E-state index in [1.54, 1.807) is 0 Å². The van der Waals surface area contributed by atoms with Crippen molar-refractivity contribution >= 4 is 0 Å². The monoisotopic (exact) mass is 289 g/mol. The van der Waals surface area contributed by atoms with Gasteiger partial charge in [0.2, 0.25) is 0 Å². The molecule has 1 aromatic rings. The van der Waals surface area contributed by atoms with E-state index >= 15 is 0 Å². The van der Waals surface area contributed by atoms with Crippen molar-refractivity contribution in [1.82, 2.24) is 4.90 Å². The maximum absolute atomic E-state index is 10.5. The summed E-state index contributed by atoms with van der Waals surface area (Å²) < 4.78 is 5.30. The molecular formula is C17H23NO3. The van der Waals surface area contributed by atoms with Gasteiger partial charge < -0.3 is 14.9 Å². The number of benzene rings is 1. The SMILES string of the molecule is CN(Cc1ccc(C#CCO)cc1)CC1(O)CCOCC1. The van der Waals surface area contributed by atoms with E-state index in [2.05, 4.69) is 16.7 Å². The van der Waals surface area contributed by atoms with Crippen LogP contribution in [0.15, 0.2) is 24.3 Å². The van der Waals surface area contributed by atoms with Crippen LogP contribution in [-0.4, -0.2) is 54.1 Å². The fraction of sp³-hybridized carbons (Fsp3) is 0.529. The van der Waals surface area contributed by atoms with E-state index in [9.17, 15) is 5.11 Å². The van der Waals surface area contributed by atoms with Crippen molar-refractivity contribution < 1.29 is 14.9 Å². The zero-order chi connectivity index (χ0) is 15.1. The molecule has 0 atom stereocenters. The fourth-order valence-electron chi connectivity index (χ4n) is 2.61. The summed E-state index contributed by atoms with van der Waals surface area (Å²) in [6.45, 7) is 2.61. The summed E-state index contributed by atoms with van der Waals surface area (Å²) in [4.78, 5) is 2.14. The molecule has 1 aliphatic heterocycles. The highest BCUT2D eigenvalue weighted by atomic mass is 16.5. The molecule has 2 rings (SSSR count). The standard InChI is InChI=1S/C17H23NO3/c1-18(14-17(20)8-11-21-12-9-17)13-16-6-4-15(5-7-16)3-2-10-19/h4-7,19-20H,8-14H2,1H3. The molecule has 0 unspecified atom stereocenters. The lowest BCUT2D eigenvalue weighted by atomic mass is 9.94.